The average molecular weight is 490 g/mol. The summed E-state index contributed by atoms with van der Waals surface area (Å²) in [6.45, 7) is 4.02. The van der Waals surface area contributed by atoms with E-state index in [-0.39, 0.29) is 11.8 Å². The maximum Gasteiger partial charge on any atom is 0.224 e. The zero-order valence-electron chi connectivity index (χ0n) is 20.2. The lowest BCUT2D eigenvalue weighted by Gasteiger charge is -2.08. The fraction of sp³-hybridized carbons (Fsp3) is 0.148. The zero-order chi connectivity index (χ0) is 25.4. The molecule has 37 heavy (non-hydrogen) atoms. The molecule has 1 amide bonds. The quantitative estimate of drug-likeness (QED) is 0.299. The molecule has 0 aliphatic carbocycles. The molecule has 0 aromatic carbocycles. The Morgan fingerprint density at radius 1 is 0.973 bits per heavy atom. The van der Waals surface area contributed by atoms with Crippen LogP contribution in [0, 0.1) is 5.92 Å². The minimum atomic E-state index is -0.0387. The summed E-state index contributed by atoms with van der Waals surface area (Å²) in [4.78, 5) is 38.1. The van der Waals surface area contributed by atoms with Gasteiger partial charge in [-0.2, -0.15) is 5.10 Å². The van der Waals surface area contributed by atoms with E-state index in [1.54, 1.807) is 31.0 Å². The number of aromatic amines is 2. The number of anilines is 1. The van der Waals surface area contributed by atoms with Crippen molar-refractivity contribution in [1.29, 1.82) is 0 Å². The van der Waals surface area contributed by atoms with E-state index in [9.17, 15) is 4.79 Å². The van der Waals surface area contributed by atoms with Crippen LogP contribution in [0.2, 0.25) is 0 Å². The van der Waals surface area contributed by atoms with E-state index in [2.05, 4.69) is 40.4 Å². The van der Waals surface area contributed by atoms with Crippen LogP contribution in [0.25, 0.3) is 56.1 Å². The van der Waals surface area contributed by atoms with Crippen LogP contribution in [0.5, 0.6) is 0 Å². The van der Waals surface area contributed by atoms with Crippen LogP contribution in [0.3, 0.4) is 0 Å². The molecule has 0 unspecified atom stereocenters. The topological polar surface area (TPSA) is 138 Å². The van der Waals surface area contributed by atoms with Crippen molar-refractivity contribution in [3.05, 3.63) is 67.4 Å². The number of pyridine rings is 4. The van der Waals surface area contributed by atoms with Gasteiger partial charge in [0.05, 0.1) is 23.0 Å². The number of rotatable bonds is 6. The number of fused-ring (bicyclic) bond motifs is 2. The van der Waals surface area contributed by atoms with Crippen LogP contribution in [0.15, 0.2) is 67.4 Å². The first-order valence-corrected chi connectivity index (χ1v) is 11.9. The van der Waals surface area contributed by atoms with Gasteiger partial charge in [0.2, 0.25) is 5.91 Å². The highest BCUT2D eigenvalue weighted by atomic mass is 16.1. The molecule has 0 atom stereocenters. The van der Waals surface area contributed by atoms with E-state index >= 15 is 0 Å². The van der Waals surface area contributed by atoms with Crippen molar-refractivity contribution in [2.45, 2.75) is 20.3 Å². The van der Waals surface area contributed by atoms with Crippen LogP contribution >= 0.6 is 0 Å². The molecule has 0 radical (unpaired) electrons. The van der Waals surface area contributed by atoms with Crippen LogP contribution in [0.4, 0.5) is 5.69 Å². The summed E-state index contributed by atoms with van der Waals surface area (Å²) >= 11 is 0. The van der Waals surface area contributed by atoms with Gasteiger partial charge in [-0.25, -0.2) is 15.0 Å². The molecule has 0 spiro atoms. The van der Waals surface area contributed by atoms with Crippen molar-refractivity contribution >= 4 is 33.8 Å². The summed E-state index contributed by atoms with van der Waals surface area (Å²) in [5.74, 6) is 0.808. The molecule has 182 valence electrons. The Morgan fingerprint density at radius 3 is 2.70 bits per heavy atom. The fourth-order valence-electron chi connectivity index (χ4n) is 4.24. The third-order valence-corrected chi connectivity index (χ3v) is 5.92. The van der Waals surface area contributed by atoms with E-state index in [1.165, 1.54) is 0 Å². The monoisotopic (exact) mass is 489 g/mol. The van der Waals surface area contributed by atoms with Gasteiger partial charge < -0.3 is 10.3 Å². The first kappa shape index (κ1) is 22.5. The van der Waals surface area contributed by atoms with Gasteiger partial charge in [0.1, 0.15) is 11.2 Å². The molecule has 6 aromatic rings. The van der Waals surface area contributed by atoms with Crippen molar-refractivity contribution in [3.63, 3.8) is 0 Å². The first-order chi connectivity index (χ1) is 18.0. The van der Waals surface area contributed by atoms with Gasteiger partial charge >= 0.3 is 0 Å². The van der Waals surface area contributed by atoms with Crippen molar-refractivity contribution in [2.24, 2.45) is 5.92 Å². The average Bonchev–Trinajstić information content (AvgIpc) is 3.52. The number of nitrogens with zero attached hydrogens (tertiary/aromatic N) is 6. The molecule has 6 rings (SSSR count). The summed E-state index contributed by atoms with van der Waals surface area (Å²) in [7, 11) is 0. The number of carbonyl (C=O) groups excluding carboxylic acids is 1. The maximum atomic E-state index is 12.2. The van der Waals surface area contributed by atoms with Gasteiger partial charge in [-0.3, -0.25) is 19.9 Å². The third-order valence-electron chi connectivity index (χ3n) is 5.92. The van der Waals surface area contributed by atoms with Gasteiger partial charge in [0, 0.05) is 47.9 Å². The van der Waals surface area contributed by atoms with E-state index < -0.39 is 0 Å². The molecule has 0 aliphatic rings. The molecule has 10 nitrogen and oxygen atoms in total. The zero-order valence-corrected chi connectivity index (χ0v) is 20.2. The molecule has 0 saturated carbocycles. The molecule has 0 bridgehead atoms. The number of H-pyrrole nitrogens is 2. The Bertz CT molecular complexity index is 1740. The smallest absolute Gasteiger partial charge is 0.224 e. The number of nitrogens with one attached hydrogen (secondary N) is 3. The third kappa shape index (κ3) is 4.40. The minimum absolute atomic E-state index is 0.0387. The highest BCUT2D eigenvalue weighted by Gasteiger charge is 2.17. The number of carbonyl (C=O) groups is 1. The highest BCUT2D eigenvalue weighted by molar-refractivity contribution is 5.96. The van der Waals surface area contributed by atoms with E-state index in [1.807, 2.05) is 50.2 Å². The van der Waals surface area contributed by atoms with Gasteiger partial charge in [-0.1, -0.05) is 19.9 Å². The maximum absolute atomic E-state index is 12.2. The Kier molecular flexibility index (Phi) is 5.61. The minimum Gasteiger partial charge on any atom is -0.325 e. The lowest BCUT2D eigenvalue weighted by Crippen LogP contribution is -2.13. The van der Waals surface area contributed by atoms with Crippen molar-refractivity contribution in [2.75, 3.05) is 5.32 Å². The van der Waals surface area contributed by atoms with Gasteiger partial charge in [0.15, 0.2) is 17.1 Å². The number of hydrogen-bond donors (Lipinski definition) is 3. The van der Waals surface area contributed by atoms with Crippen molar-refractivity contribution < 1.29 is 4.79 Å². The molecular formula is C27H23N9O. The molecule has 0 fully saturated rings. The van der Waals surface area contributed by atoms with Crippen LogP contribution in [-0.4, -0.2) is 46.0 Å². The predicted molar refractivity (Wildman–Crippen MR) is 141 cm³/mol. The van der Waals surface area contributed by atoms with Crippen LogP contribution in [-0.2, 0) is 4.79 Å². The Morgan fingerprint density at radius 2 is 1.86 bits per heavy atom. The number of hydrogen-bond acceptors (Lipinski definition) is 7. The SMILES string of the molecule is CC(C)CC(=O)Nc1cncc(-c2cnc3[nH]nc(-c4nc5c(-c6ccccn6)ccnc5[nH]4)c3c2)c1. The van der Waals surface area contributed by atoms with Crippen molar-refractivity contribution in [3.8, 4) is 33.9 Å². The lowest BCUT2D eigenvalue weighted by atomic mass is 10.1. The standard InChI is InChI=1S/C27H23N9O/c1-15(2)9-22(37)32-18-10-16(12-28-14-18)17-11-20-24(35-36-25(20)31-13-17)27-33-23-19(6-8-30-26(23)34-27)21-5-3-4-7-29-21/h3-8,10-15H,9H2,1-2H3,(H,32,37)(H,30,33,34)(H,31,35,36). The summed E-state index contributed by atoms with van der Waals surface area (Å²) < 4.78 is 0. The largest absolute Gasteiger partial charge is 0.325 e. The molecule has 10 heteroatoms. The summed E-state index contributed by atoms with van der Waals surface area (Å²) in [6, 6.07) is 11.5. The summed E-state index contributed by atoms with van der Waals surface area (Å²) in [5, 5.41) is 11.2. The normalized spacial score (nSPS) is 11.4. The second-order valence-corrected chi connectivity index (χ2v) is 9.16. The second kappa shape index (κ2) is 9.23. The summed E-state index contributed by atoms with van der Waals surface area (Å²) in [6.07, 6.45) is 9.06. The molecular weight excluding hydrogens is 466 g/mol. The van der Waals surface area contributed by atoms with Gasteiger partial charge in [0.25, 0.3) is 0 Å². The summed E-state index contributed by atoms with van der Waals surface area (Å²) in [5.41, 5.74) is 6.62. The van der Waals surface area contributed by atoms with Gasteiger partial charge in [-0.15, -0.1) is 0 Å². The van der Waals surface area contributed by atoms with E-state index in [0.29, 0.717) is 40.4 Å². The predicted octanol–water partition coefficient (Wildman–Crippen LogP) is 5.00. The Hall–Kier alpha value is -4.99. The number of amides is 1. The van der Waals surface area contributed by atoms with Crippen LogP contribution < -0.4 is 5.32 Å². The van der Waals surface area contributed by atoms with Gasteiger partial charge in [-0.05, 0) is 36.2 Å². The Balaban J connectivity index is 1.38. The van der Waals surface area contributed by atoms with E-state index in [0.717, 1.165) is 27.8 Å². The highest BCUT2D eigenvalue weighted by Crippen LogP contribution is 2.31. The molecule has 6 heterocycles. The van der Waals surface area contributed by atoms with E-state index in [4.69, 9.17) is 4.98 Å². The van der Waals surface area contributed by atoms with Crippen molar-refractivity contribution in [1.82, 2.24) is 40.1 Å². The fourth-order valence-corrected chi connectivity index (χ4v) is 4.24. The van der Waals surface area contributed by atoms with Crippen LogP contribution in [0.1, 0.15) is 20.3 Å². The first-order valence-electron chi connectivity index (χ1n) is 11.9. The molecule has 6 aromatic heterocycles. The lowest BCUT2D eigenvalue weighted by molar-refractivity contribution is -0.116. The number of aromatic nitrogens is 8. The molecule has 0 saturated heterocycles. The second-order valence-electron chi connectivity index (χ2n) is 9.16. The number of imidazole rings is 1. The Labute approximate surface area is 211 Å². The molecule has 3 N–H and O–H groups in total. The molecule has 0 aliphatic heterocycles.